The van der Waals surface area contributed by atoms with Gasteiger partial charge in [-0.1, -0.05) is 10.5 Å². The molecule has 0 spiro atoms. The van der Waals surface area contributed by atoms with Gasteiger partial charge >= 0.3 is 5.97 Å². The fraction of sp³-hybridized carbons (Fsp3) is 0.417. The number of sulfonamides is 1. The van der Waals surface area contributed by atoms with Gasteiger partial charge in [-0.25, -0.2) is 13.2 Å². The topological polar surface area (TPSA) is 83.9 Å². The van der Waals surface area contributed by atoms with Gasteiger partial charge in [-0.3, -0.25) is 4.84 Å². The number of aryl methyl sites for hydroxylation is 2. The van der Waals surface area contributed by atoms with Crippen molar-refractivity contribution >= 4 is 16.0 Å². The minimum Gasteiger partial charge on any atom is -0.478 e. The highest BCUT2D eigenvalue weighted by molar-refractivity contribution is 7.89. The fourth-order valence-corrected chi connectivity index (χ4v) is 3.34. The lowest BCUT2D eigenvalue weighted by Crippen LogP contribution is -2.30. The van der Waals surface area contributed by atoms with E-state index in [9.17, 15) is 13.2 Å². The van der Waals surface area contributed by atoms with E-state index in [4.69, 9.17) is 9.94 Å². The summed E-state index contributed by atoms with van der Waals surface area (Å²) in [6, 6.07) is 2.71. The molecule has 0 aliphatic rings. The van der Waals surface area contributed by atoms with Gasteiger partial charge in [0.15, 0.2) is 0 Å². The first-order valence-corrected chi connectivity index (χ1v) is 7.11. The molecule has 19 heavy (non-hydrogen) atoms. The molecule has 0 amide bonds. The third-order valence-corrected chi connectivity index (χ3v) is 4.70. The summed E-state index contributed by atoms with van der Waals surface area (Å²) in [5, 5.41) is 9.06. The van der Waals surface area contributed by atoms with Crippen molar-refractivity contribution in [3.8, 4) is 0 Å². The number of rotatable bonds is 5. The molecule has 0 fully saturated rings. The van der Waals surface area contributed by atoms with Crippen LogP contribution in [0.1, 0.15) is 28.4 Å². The molecule has 0 saturated heterocycles. The second-order valence-electron chi connectivity index (χ2n) is 4.04. The van der Waals surface area contributed by atoms with E-state index >= 15 is 0 Å². The van der Waals surface area contributed by atoms with Crippen LogP contribution in [-0.2, 0) is 14.9 Å². The first-order valence-electron chi connectivity index (χ1n) is 5.67. The number of benzene rings is 1. The molecule has 7 heteroatoms. The van der Waals surface area contributed by atoms with E-state index < -0.39 is 16.0 Å². The molecule has 0 atom stereocenters. The number of carboxylic acid groups (broad SMARTS) is 1. The molecular weight excluding hydrogens is 270 g/mol. The van der Waals surface area contributed by atoms with Gasteiger partial charge in [-0.05, 0) is 38.0 Å². The second-order valence-corrected chi connectivity index (χ2v) is 5.84. The average molecular weight is 287 g/mol. The molecule has 0 aliphatic heterocycles. The summed E-state index contributed by atoms with van der Waals surface area (Å²) in [6.07, 6.45) is 0. The Bertz CT molecular complexity index is 590. The highest BCUT2D eigenvalue weighted by atomic mass is 32.2. The van der Waals surface area contributed by atoms with Crippen LogP contribution in [0.15, 0.2) is 17.0 Å². The molecular formula is C12H17NO5S. The van der Waals surface area contributed by atoms with Gasteiger partial charge in [0.2, 0.25) is 0 Å². The Labute approximate surface area is 112 Å². The third kappa shape index (κ3) is 2.94. The van der Waals surface area contributed by atoms with Crippen LogP contribution < -0.4 is 0 Å². The third-order valence-electron chi connectivity index (χ3n) is 2.76. The molecule has 0 saturated carbocycles. The van der Waals surface area contributed by atoms with E-state index in [0.29, 0.717) is 11.1 Å². The molecule has 0 aliphatic carbocycles. The van der Waals surface area contributed by atoms with Crippen LogP contribution in [0.25, 0.3) is 0 Å². The fourth-order valence-electron chi connectivity index (χ4n) is 1.85. The first-order chi connectivity index (χ1) is 8.75. The monoisotopic (exact) mass is 287 g/mol. The molecule has 0 bridgehead atoms. The van der Waals surface area contributed by atoms with Crippen molar-refractivity contribution in [2.24, 2.45) is 0 Å². The number of carboxylic acids is 1. The number of carbonyl (C=O) groups is 1. The van der Waals surface area contributed by atoms with E-state index in [1.54, 1.807) is 26.8 Å². The van der Waals surface area contributed by atoms with Crippen LogP contribution in [0.5, 0.6) is 0 Å². The molecule has 1 rings (SSSR count). The largest absolute Gasteiger partial charge is 0.478 e. The van der Waals surface area contributed by atoms with Gasteiger partial charge in [0.05, 0.1) is 17.6 Å². The zero-order valence-electron chi connectivity index (χ0n) is 11.3. The standard InChI is InChI=1S/C12H17NO5S/c1-5-13(18-4)19(16,17)11-7-10(12(14)15)8(2)6-9(11)3/h6-7H,5H2,1-4H3,(H,14,15). The molecule has 1 aromatic carbocycles. The Balaban J connectivity index is 3.51. The molecule has 0 heterocycles. The number of hydrogen-bond donors (Lipinski definition) is 1. The van der Waals surface area contributed by atoms with Crippen molar-refractivity contribution in [3.05, 3.63) is 28.8 Å². The number of aromatic carboxylic acids is 1. The maximum absolute atomic E-state index is 12.3. The molecule has 0 aromatic heterocycles. The predicted molar refractivity (Wildman–Crippen MR) is 69.5 cm³/mol. The molecule has 1 aromatic rings. The molecule has 0 unspecified atom stereocenters. The van der Waals surface area contributed by atoms with Crippen molar-refractivity contribution in [2.45, 2.75) is 25.7 Å². The van der Waals surface area contributed by atoms with Crippen LogP contribution in [0.3, 0.4) is 0 Å². The number of hydrogen-bond acceptors (Lipinski definition) is 4. The van der Waals surface area contributed by atoms with Gasteiger partial charge in [0, 0.05) is 6.54 Å². The van der Waals surface area contributed by atoms with Crippen molar-refractivity contribution < 1.29 is 23.2 Å². The van der Waals surface area contributed by atoms with Gasteiger partial charge < -0.3 is 5.11 Å². The lowest BCUT2D eigenvalue weighted by atomic mass is 10.1. The lowest BCUT2D eigenvalue weighted by molar-refractivity contribution is -0.0443. The maximum atomic E-state index is 12.3. The normalized spacial score (nSPS) is 11.8. The number of nitrogens with zero attached hydrogens (tertiary/aromatic N) is 1. The summed E-state index contributed by atoms with van der Waals surface area (Å²) in [5.74, 6) is -1.16. The first kappa shape index (κ1) is 15.6. The minimum atomic E-state index is -3.86. The van der Waals surface area contributed by atoms with E-state index in [1.807, 2.05) is 0 Å². The van der Waals surface area contributed by atoms with E-state index in [-0.39, 0.29) is 17.0 Å². The van der Waals surface area contributed by atoms with Crippen LogP contribution in [-0.4, -0.2) is 37.6 Å². The van der Waals surface area contributed by atoms with Crippen molar-refractivity contribution in [3.63, 3.8) is 0 Å². The highest BCUT2D eigenvalue weighted by Crippen LogP contribution is 2.23. The minimum absolute atomic E-state index is 0.0312. The van der Waals surface area contributed by atoms with Gasteiger partial charge in [0.1, 0.15) is 0 Å². The van der Waals surface area contributed by atoms with Crippen molar-refractivity contribution in [2.75, 3.05) is 13.7 Å². The zero-order valence-corrected chi connectivity index (χ0v) is 12.1. The highest BCUT2D eigenvalue weighted by Gasteiger charge is 2.26. The van der Waals surface area contributed by atoms with Crippen molar-refractivity contribution in [1.82, 2.24) is 4.47 Å². The Morgan fingerprint density at radius 2 is 1.89 bits per heavy atom. The summed E-state index contributed by atoms with van der Waals surface area (Å²) in [4.78, 5) is 15.8. The summed E-state index contributed by atoms with van der Waals surface area (Å²) < 4.78 is 25.4. The Hall–Kier alpha value is -1.44. The summed E-state index contributed by atoms with van der Waals surface area (Å²) in [6.45, 7) is 5.01. The zero-order chi connectivity index (χ0) is 14.8. The molecule has 106 valence electrons. The smallest absolute Gasteiger partial charge is 0.335 e. The Morgan fingerprint density at radius 3 is 2.32 bits per heavy atom. The molecule has 0 radical (unpaired) electrons. The van der Waals surface area contributed by atoms with Crippen LogP contribution >= 0.6 is 0 Å². The average Bonchev–Trinajstić information content (AvgIpc) is 2.29. The maximum Gasteiger partial charge on any atom is 0.335 e. The molecule has 6 nitrogen and oxygen atoms in total. The summed E-state index contributed by atoms with van der Waals surface area (Å²) in [7, 11) is -2.60. The van der Waals surface area contributed by atoms with Gasteiger partial charge in [-0.2, -0.15) is 0 Å². The van der Waals surface area contributed by atoms with Gasteiger partial charge in [-0.15, -0.1) is 0 Å². The molecule has 1 N–H and O–H groups in total. The summed E-state index contributed by atoms with van der Waals surface area (Å²) >= 11 is 0. The van der Waals surface area contributed by atoms with Crippen LogP contribution in [0.4, 0.5) is 0 Å². The van der Waals surface area contributed by atoms with E-state index in [2.05, 4.69) is 0 Å². The van der Waals surface area contributed by atoms with Crippen LogP contribution in [0.2, 0.25) is 0 Å². The Kier molecular flexibility index (Phi) is 4.67. The predicted octanol–water partition coefficient (Wildman–Crippen LogP) is 1.57. The van der Waals surface area contributed by atoms with Crippen LogP contribution in [0, 0.1) is 13.8 Å². The van der Waals surface area contributed by atoms with Gasteiger partial charge in [0.25, 0.3) is 10.0 Å². The second kappa shape index (κ2) is 5.68. The summed E-state index contributed by atoms with van der Waals surface area (Å²) in [5.41, 5.74) is 0.971. The van der Waals surface area contributed by atoms with E-state index in [0.717, 1.165) is 4.47 Å². The SMILES string of the molecule is CCN(OC)S(=O)(=O)c1cc(C(=O)O)c(C)cc1C. The quantitative estimate of drug-likeness (QED) is 0.831. The Morgan fingerprint density at radius 1 is 1.32 bits per heavy atom. The van der Waals surface area contributed by atoms with E-state index in [1.165, 1.54) is 13.2 Å². The van der Waals surface area contributed by atoms with Crippen molar-refractivity contribution in [1.29, 1.82) is 0 Å². The number of hydroxylamine groups is 1. The lowest BCUT2D eigenvalue weighted by Gasteiger charge is -2.19.